The van der Waals surface area contributed by atoms with Crippen LogP contribution in [0.1, 0.15) is 46.4 Å². The van der Waals surface area contributed by atoms with Gasteiger partial charge in [-0.1, -0.05) is 35.3 Å². The van der Waals surface area contributed by atoms with Crippen LogP contribution in [0.25, 0.3) is 0 Å². The van der Waals surface area contributed by atoms with Crippen LogP contribution in [-0.4, -0.2) is 36.7 Å². The van der Waals surface area contributed by atoms with Crippen molar-refractivity contribution in [2.24, 2.45) is 0 Å². The summed E-state index contributed by atoms with van der Waals surface area (Å²) in [6, 6.07) is 12.7. The minimum Gasteiger partial charge on any atom is -0.343 e. The molecule has 0 unspecified atom stereocenters. The molecule has 2 fully saturated rings. The van der Waals surface area contributed by atoms with Crippen molar-refractivity contribution in [2.45, 2.75) is 50.5 Å². The van der Waals surface area contributed by atoms with Crippen LogP contribution in [0.2, 0.25) is 10.0 Å². The molecular formula is C22H20Cl2O8. The zero-order chi connectivity index (χ0) is 22.5. The molecule has 0 bridgehead atoms. The summed E-state index contributed by atoms with van der Waals surface area (Å²) in [7, 11) is 0. The van der Waals surface area contributed by atoms with E-state index in [4.69, 9.17) is 52.2 Å². The normalized spacial score (nSPS) is 24.9. The fraction of sp³-hybridized carbons (Fsp3) is 0.364. The van der Waals surface area contributed by atoms with Gasteiger partial charge in [0.25, 0.3) is 0 Å². The molecule has 0 aliphatic carbocycles. The molecule has 170 valence electrons. The summed E-state index contributed by atoms with van der Waals surface area (Å²) in [6.07, 6.45) is 0.127. The van der Waals surface area contributed by atoms with E-state index in [1.165, 1.54) is 12.1 Å². The van der Waals surface area contributed by atoms with E-state index in [1.807, 2.05) is 0 Å². The van der Waals surface area contributed by atoms with Gasteiger partial charge in [0, 0.05) is 22.9 Å². The Morgan fingerprint density at radius 1 is 0.719 bits per heavy atom. The molecule has 4 atom stereocenters. The van der Waals surface area contributed by atoms with E-state index in [-0.39, 0.29) is 23.3 Å². The van der Waals surface area contributed by atoms with Crippen LogP contribution >= 0.6 is 23.2 Å². The lowest BCUT2D eigenvalue weighted by atomic mass is 9.98. The number of benzene rings is 2. The second-order valence-corrected chi connectivity index (χ2v) is 8.19. The predicted octanol–water partition coefficient (Wildman–Crippen LogP) is 4.88. The summed E-state index contributed by atoms with van der Waals surface area (Å²) in [5.41, 5.74) is 0.555. The Bertz CT molecular complexity index is 891. The third kappa shape index (κ3) is 5.98. The van der Waals surface area contributed by atoms with Crippen LogP contribution in [-0.2, 0) is 29.0 Å². The second kappa shape index (κ2) is 10.6. The van der Waals surface area contributed by atoms with Crippen LogP contribution in [0, 0.1) is 0 Å². The van der Waals surface area contributed by atoms with E-state index in [0.29, 0.717) is 35.7 Å². The Hall–Kier alpha value is -2.20. The van der Waals surface area contributed by atoms with Gasteiger partial charge in [-0.2, -0.15) is 9.78 Å². The van der Waals surface area contributed by atoms with Crippen LogP contribution in [0.15, 0.2) is 48.5 Å². The van der Waals surface area contributed by atoms with Crippen molar-refractivity contribution in [1.82, 2.24) is 0 Å². The maximum absolute atomic E-state index is 12.1. The number of carbonyl (C=O) groups is 2. The summed E-state index contributed by atoms with van der Waals surface area (Å²) in [4.78, 5) is 44.2. The smallest absolute Gasteiger partial charge is 0.343 e. The predicted molar refractivity (Wildman–Crippen MR) is 112 cm³/mol. The zero-order valence-corrected chi connectivity index (χ0v) is 18.3. The molecule has 2 aromatic carbocycles. The summed E-state index contributed by atoms with van der Waals surface area (Å²) in [6.45, 7) is 0. The molecule has 2 heterocycles. The van der Waals surface area contributed by atoms with Crippen molar-refractivity contribution in [2.75, 3.05) is 0 Å². The molecule has 2 aliphatic rings. The number of hydrogen-bond donors (Lipinski definition) is 0. The van der Waals surface area contributed by atoms with Gasteiger partial charge in [-0.15, -0.1) is 0 Å². The third-order valence-electron chi connectivity index (χ3n) is 5.02. The molecule has 0 spiro atoms. The Morgan fingerprint density at radius 3 is 1.56 bits per heavy atom. The van der Waals surface area contributed by atoms with E-state index in [2.05, 4.69) is 0 Å². The molecule has 0 radical (unpaired) electrons. The fourth-order valence-electron chi connectivity index (χ4n) is 3.47. The highest BCUT2D eigenvalue weighted by Crippen LogP contribution is 2.32. The molecule has 0 N–H and O–H groups in total. The lowest BCUT2D eigenvalue weighted by Crippen LogP contribution is -2.47. The average molecular weight is 483 g/mol. The number of fused-ring (bicyclic) bond motifs is 1. The highest BCUT2D eigenvalue weighted by atomic mass is 35.5. The van der Waals surface area contributed by atoms with Gasteiger partial charge in [-0.25, -0.2) is 9.59 Å². The first kappa shape index (κ1) is 23.0. The monoisotopic (exact) mass is 482 g/mol. The lowest BCUT2D eigenvalue weighted by molar-refractivity contribution is -0.399. The first-order valence-corrected chi connectivity index (χ1v) is 10.8. The van der Waals surface area contributed by atoms with Crippen LogP contribution in [0.3, 0.4) is 0 Å². The van der Waals surface area contributed by atoms with E-state index in [1.54, 1.807) is 36.4 Å². The summed E-state index contributed by atoms with van der Waals surface area (Å²) >= 11 is 11.7. The first-order valence-electron chi connectivity index (χ1n) is 10.1. The van der Waals surface area contributed by atoms with Gasteiger partial charge in [0.1, 0.15) is 0 Å². The van der Waals surface area contributed by atoms with Crippen molar-refractivity contribution in [3.63, 3.8) is 0 Å². The molecular weight excluding hydrogens is 463 g/mol. The van der Waals surface area contributed by atoms with Gasteiger partial charge >= 0.3 is 11.9 Å². The largest absolute Gasteiger partial charge is 0.373 e. The topological polar surface area (TPSA) is 89.5 Å². The first-order chi connectivity index (χ1) is 15.5. The highest BCUT2D eigenvalue weighted by molar-refractivity contribution is 6.31. The van der Waals surface area contributed by atoms with Crippen LogP contribution < -0.4 is 0 Å². The van der Waals surface area contributed by atoms with Crippen molar-refractivity contribution in [3.8, 4) is 0 Å². The Labute approximate surface area is 194 Å². The highest BCUT2D eigenvalue weighted by Gasteiger charge is 2.39. The zero-order valence-electron chi connectivity index (χ0n) is 16.8. The van der Waals surface area contributed by atoms with Gasteiger partial charge in [0.15, 0.2) is 0 Å². The summed E-state index contributed by atoms with van der Waals surface area (Å²) < 4.78 is 11.7. The number of hydrogen-bond acceptors (Lipinski definition) is 8. The van der Waals surface area contributed by atoms with Crippen molar-refractivity contribution in [1.29, 1.82) is 0 Å². The molecule has 0 saturated carbocycles. The molecule has 10 heteroatoms. The molecule has 2 aromatic rings. The quantitative estimate of drug-likeness (QED) is 0.424. The van der Waals surface area contributed by atoms with Crippen molar-refractivity contribution >= 4 is 35.1 Å². The maximum atomic E-state index is 12.1. The average Bonchev–Trinajstić information content (AvgIpc) is 2.80. The van der Waals surface area contributed by atoms with Crippen LogP contribution in [0.4, 0.5) is 0 Å². The van der Waals surface area contributed by atoms with Crippen LogP contribution in [0.5, 0.6) is 0 Å². The molecule has 0 amide bonds. The van der Waals surface area contributed by atoms with E-state index in [9.17, 15) is 9.59 Å². The third-order valence-corrected chi connectivity index (χ3v) is 5.49. The van der Waals surface area contributed by atoms with Gasteiger partial charge in [-0.3, -0.25) is 9.78 Å². The standard InChI is InChI=1S/C22H20Cl2O8/c23-15-5-1-3-13(11-15)21(25)31-29-19-9-7-18-17(27-19)8-10-20(28-18)30-32-22(26)14-4-2-6-16(24)12-14/h1-6,11-12,17-20H,7-10H2/t17-,18-,19-,20-/m1/s1. The molecule has 4 rings (SSSR count). The Morgan fingerprint density at radius 2 is 1.16 bits per heavy atom. The molecule has 32 heavy (non-hydrogen) atoms. The molecule has 2 aliphatic heterocycles. The molecule has 8 nitrogen and oxygen atoms in total. The summed E-state index contributed by atoms with van der Waals surface area (Å²) in [5, 5.41) is 0.844. The minimum atomic E-state index is -0.707. The number of ether oxygens (including phenoxy) is 2. The number of rotatable bonds is 6. The molecule has 0 aromatic heterocycles. The van der Waals surface area contributed by atoms with E-state index >= 15 is 0 Å². The molecule has 2 saturated heterocycles. The lowest BCUT2D eigenvalue weighted by Gasteiger charge is -2.40. The van der Waals surface area contributed by atoms with Crippen molar-refractivity contribution in [3.05, 3.63) is 69.7 Å². The Balaban J connectivity index is 1.20. The van der Waals surface area contributed by atoms with E-state index in [0.717, 1.165) is 0 Å². The van der Waals surface area contributed by atoms with E-state index < -0.39 is 24.5 Å². The number of halogens is 2. The van der Waals surface area contributed by atoms with Gasteiger partial charge in [0.05, 0.1) is 23.3 Å². The summed E-state index contributed by atoms with van der Waals surface area (Å²) in [5.74, 6) is -1.32. The Kier molecular flexibility index (Phi) is 7.62. The van der Waals surface area contributed by atoms with Gasteiger partial charge < -0.3 is 9.47 Å². The van der Waals surface area contributed by atoms with Crippen molar-refractivity contribution < 1.29 is 38.6 Å². The SMILES string of the molecule is O=C(OO[C@@H]1CC[C@H]2O[C@H](OOC(=O)c3cccc(Cl)c3)CC[C@H]2O1)c1cccc(Cl)c1. The van der Waals surface area contributed by atoms with Gasteiger partial charge in [0.2, 0.25) is 12.6 Å². The fourth-order valence-corrected chi connectivity index (χ4v) is 3.85. The minimum absolute atomic E-state index is 0.262. The second-order valence-electron chi connectivity index (χ2n) is 7.32. The number of carbonyl (C=O) groups excluding carboxylic acids is 2. The van der Waals surface area contributed by atoms with Gasteiger partial charge in [-0.05, 0) is 49.2 Å². The maximum Gasteiger partial charge on any atom is 0.373 e.